The second-order valence-corrected chi connectivity index (χ2v) is 8.26. The molecule has 1 aromatic rings. The van der Waals surface area contributed by atoms with E-state index in [0.717, 1.165) is 19.1 Å². The van der Waals surface area contributed by atoms with E-state index in [9.17, 15) is 0 Å². The first-order chi connectivity index (χ1) is 10.2. The van der Waals surface area contributed by atoms with E-state index in [2.05, 4.69) is 24.5 Å². The molecule has 4 rings (SSSR count). The number of nitrogens with one attached hydrogen (secondary N) is 1. The third-order valence-electron chi connectivity index (χ3n) is 5.85. The molecular weight excluding hydrogens is 280 g/mol. The number of rotatable bonds is 4. The summed E-state index contributed by atoms with van der Waals surface area (Å²) in [6.45, 7) is 6.34. The molecule has 0 bridgehead atoms. The molecule has 1 saturated heterocycles. The van der Waals surface area contributed by atoms with Crippen LogP contribution < -0.4 is 5.32 Å². The fourth-order valence-corrected chi connectivity index (χ4v) is 5.73. The second kappa shape index (κ2) is 5.32. The Hall–Kier alpha value is -0.450. The van der Waals surface area contributed by atoms with Gasteiger partial charge < -0.3 is 10.1 Å². The first-order valence-corrected chi connectivity index (χ1v) is 9.38. The zero-order chi connectivity index (χ0) is 14.4. The van der Waals surface area contributed by atoms with Crippen LogP contribution in [0.3, 0.4) is 0 Å². The number of nitrogens with zero attached hydrogens (tertiary/aromatic N) is 1. The van der Waals surface area contributed by atoms with E-state index in [4.69, 9.17) is 9.72 Å². The monoisotopic (exact) mass is 306 g/mol. The molecule has 116 valence electrons. The van der Waals surface area contributed by atoms with Gasteiger partial charge in [-0.1, -0.05) is 26.7 Å². The van der Waals surface area contributed by atoms with E-state index in [1.165, 1.54) is 42.8 Å². The van der Waals surface area contributed by atoms with Crippen LogP contribution in [0.15, 0.2) is 5.38 Å². The quantitative estimate of drug-likeness (QED) is 0.921. The van der Waals surface area contributed by atoms with Crippen LogP contribution in [0, 0.1) is 11.3 Å². The van der Waals surface area contributed by atoms with Gasteiger partial charge in [0.25, 0.3) is 0 Å². The minimum absolute atomic E-state index is 0.456. The van der Waals surface area contributed by atoms with Crippen molar-refractivity contribution in [3.8, 4) is 0 Å². The zero-order valence-corrected chi connectivity index (χ0v) is 13.9. The predicted molar refractivity (Wildman–Crippen MR) is 85.6 cm³/mol. The molecule has 0 aromatic carbocycles. The van der Waals surface area contributed by atoms with Crippen molar-refractivity contribution >= 4 is 11.3 Å². The summed E-state index contributed by atoms with van der Waals surface area (Å²) in [7, 11) is 0. The lowest BCUT2D eigenvalue weighted by Crippen LogP contribution is -2.67. The van der Waals surface area contributed by atoms with Crippen LogP contribution in [0.4, 0.5) is 0 Å². The first kappa shape index (κ1) is 14.2. The van der Waals surface area contributed by atoms with Crippen molar-refractivity contribution in [3.63, 3.8) is 0 Å². The van der Waals surface area contributed by atoms with Crippen molar-refractivity contribution in [1.82, 2.24) is 10.3 Å². The van der Waals surface area contributed by atoms with Gasteiger partial charge in [0, 0.05) is 41.8 Å². The van der Waals surface area contributed by atoms with Crippen molar-refractivity contribution in [1.29, 1.82) is 0 Å². The maximum absolute atomic E-state index is 6.05. The zero-order valence-electron chi connectivity index (χ0n) is 13.1. The van der Waals surface area contributed by atoms with Crippen molar-refractivity contribution in [2.45, 2.75) is 70.6 Å². The molecule has 3 aliphatic rings. The van der Waals surface area contributed by atoms with Crippen LogP contribution in [0.25, 0.3) is 0 Å². The lowest BCUT2D eigenvalue weighted by atomic mass is 9.54. The van der Waals surface area contributed by atoms with Crippen LogP contribution in [-0.2, 0) is 11.3 Å². The normalized spacial score (nSPS) is 33.6. The van der Waals surface area contributed by atoms with E-state index >= 15 is 0 Å². The van der Waals surface area contributed by atoms with E-state index in [1.54, 1.807) is 11.3 Å². The minimum Gasteiger partial charge on any atom is -0.377 e. The molecular formula is C17H26N2OS. The van der Waals surface area contributed by atoms with E-state index in [-0.39, 0.29) is 0 Å². The highest BCUT2D eigenvalue weighted by atomic mass is 32.1. The third kappa shape index (κ3) is 2.18. The first-order valence-electron chi connectivity index (χ1n) is 8.50. The molecule has 2 saturated carbocycles. The van der Waals surface area contributed by atoms with Crippen molar-refractivity contribution in [2.75, 3.05) is 6.61 Å². The summed E-state index contributed by atoms with van der Waals surface area (Å²) >= 11 is 1.80. The number of hydrogen-bond acceptors (Lipinski definition) is 4. The van der Waals surface area contributed by atoms with Gasteiger partial charge in [-0.15, -0.1) is 11.3 Å². The Labute approximate surface area is 131 Å². The van der Waals surface area contributed by atoms with Gasteiger partial charge in [0.2, 0.25) is 0 Å². The maximum Gasteiger partial charge on any atom is 0.0954 e. The Morgan fingerprint density at radius 2 is 2.24 bits per heavy atom. The molecule has 3 nitrogen and oxygen atoms in total. The summed E-state index contributed by atoms with van der Waals surface area (Å²) < 4.78 is 6.05. The fourth-order valence-electron chi connectivity index (χ4n) is 4.89. The number of thiazole rings is 1. The molecule has 1 spiro atoms. The summed E-state index contributed by atoms with van der Waals surface area (Å²) in [5.74, 6) is 1.30. The van der Waals surface area contributed by atoms with E-state index in [1.807, 2.05) is 0 Å². The Bertz CT molecular complexity index is 507. The molecule has 21 heavy (non-hydrogen) atoms. The highest BCUT2D eigenvalue weighted by Crippen LogP contribution is 2.60. The number of hydrogen-bond donors (Lipinski definition) is 1. The molecule has 4 heteroatoms. The van der Waals surface area contributed by atoms with E-state index in [0.29, 0.717) is 23.5 Å². The number of ether oxygens (including phenoxy) is 1. The lowest BCUT2D eigenvalue weighted by Gasteiger charge is -2.57. The minimum atomic E-state index is 0.456. The van der Waals surface area contributed by atoms with Crippen molar-refractivity contribution < 1.29 is 4.74 Å². The smallest absolute Gasteiger partial charge is 0.0954 e. The molecule has 2 heterocycles. The highest BCUT2D eigenvalue weighted by molar-refractivity contribution is 7.09. The largest absolute Gasteiger partial charge is 0.377 e. The summed E-state index contributed by atoms with van der Waals surface area (Å²) in [6, 6.07) is 0.664. The molecule has 0 unspecified atom stereocenters. The molecule has 3 atom stereocenters. The standard InChI is InChI=1S/C17H26N2OS/c1-11(2)16-19-12(10-21-16)9-18-14-13-5-8-20-15(13)17(14)6-3-4-7-17/h10-11,13-15,18H,3-9H2,1-2H3/t13-,14-,15+/m1/s1. The Kier molecular flexibility index (Phi) is 3.59. The maximum atomic E-state index is 6.05. The lowest BCUT2D eigenvalue weighted by molar-refractivity contribution is -0.131. The van der Waals surface area contributed by atoms with Crippen LogP contribution in [-0.4, -0.2) is 23.7 Å². The van der Waals surface area contributed by atoms with Crippen molar-refractivity contribution in [2.24, 2.45) is 11.3 Å². The van der Waals surface area contributed by atoms with E-state index < -0.39 is 0 Å². The summed E-state index contributed by atoms with van der Waals surface area (Å²) in [6.07, 6.45) is 7.30. The van der Waals surface area contributed by atoms with Gasteiger partial charge in [0.15, 0.2) is 0 Å². The van der Waals surface area contributed by atoms with Crippen molar-refractivity contribution in [3.05, 3.63) is 16.1 Å². The molecule has 1 N–H and O–H groups in total. The average Bonchev–Trinajstić information content (AvgIpc) is 3.18. The van der Waals surface area contributed by atoms with Gasteiger partial charge in [-0.3, -0.25) is 0 Å². The molecule has 0 radical (unpaired) electrons. The molecule has 2 aliphatic carbocycles. The van der Waals surface area contributed by atoms with Gasteiger partial charge in [-0.05, 0) is 19.3 Å². The highest BCUT2D eigenvalue weighted by Gasteiger charge is 2.64. The van der Waals surface area contributed by atoms with Crippen LogP contribution in [0.1, 0.15) is 62.6 Å². The number of aromatic nitrogens is 1. The van der Waals surface area contributed by atoms with Gasteiger partial charge in [-0.25, -0.2) is 4.98 Å². The summed E-state index contributed by atoms with van der Waals surface area (Å²) in [4.78, 5) is 4.77. The fraction of sp³-hybridized carbons (Fsp3) is 0.824. The topological polar surface area (TPSA) is 34.2 Å². The summed E-state index contributed by atoms with van der Waals surface area (Å²) in [5, 5.41) is 7.35. The third-order valence-corrected chi connectivity index (χ3v) is 7.05. The van der Waals surface area contributed by atoms with Gasteiger partial charge in [-0.2, -0.15) is 0 Å². The molecule has 1 aliphatic heterocycles. The van der Waals surface area contributed by atoms with Crippen LogP contribution in [0.5, 0.6) is 0 Å². The predicted octanol–water partition coefficient (Wildman–Crippen LogP) is 3.70. The summed E-state index contributed by atoms with van der Waals surface area (Å²) in [5.41, 5.74) is 1.68. The Morgan fingerprint density at radius 1 is 1.43 bits per heavy atom. The SMILES string of the molecule is CC(C)c1nc(CN[C@@H]2[C@H]3CCO[C@@H]3C23CCCC3)cs1. The van der Waals surface area contributed by atoms with Crippen LogP contribution >= 0.6 is 11.3 Å². The van der Waals surface area contributed by atoms with Crippen LogP contribution in [0.2, 0.25) is 0 Å². The van der Waals surface area contributed by atoms with Gasteiger partial charge >= 0.3 is 0 Å². The van der Waals surface area contributed by atoms with Gasteiger partial charge in [0.05, 0.1) is 16.8 Å². The molecule has 3 fully saturated rings. The molecule has 1 aromatic heterocycles. The average molecular weight is 306 g/mol. The Morgan fingerprint density at radius 3 is 2.95 bits per heavy atom. The van der Waals surface area contributed by atoms with Gasteiger partial charge in [0.1, 0.15) is 0 Å². The Balaban J connectivity index is 1.43. The molecule has 0 amide bonds. The number of fused-ring (bicyclic) bond motifs is 2. The second-order valence-electron chi connectivity index (χ2n) is 7.37.